The Bertz CT molecular complexity index is 558. The van der Waals surface area contributed by atoms with Crippen molar-refractivity contribution in [2.45, 2.75) is 19.4 Å². The highest BCUT2D eigenvalue weighted by molar-refractivity contribution is 9.10. The lowest BCUT2D eigenvalue weighted by atomic mass is 10.0. The van der Waals surface area contributed by atoms with Crippen LogP contribution in [-0.2, 0) is 0 Å². The molecular formula is C14H14BrClFNO. The van der Waals surface area contributed by atoms with E-state index >= 15 is 0 Å². The van der Waals surface area contributed by atoms with Crippen LogP contribution in [-0.4, -0.2) is 6.54 Å². The topological polar surface area (TPSA) is 25.2 Å². The van der Waals surface area contributed by atoms with Gasteiger partial charge < -0.3 is 9.73 Å². The van der Waals surface area contributed by atoms with Crippen molar-refractivity contribution in [3.05, 3.63) is 57.2 Å². The highest BCUT2D eigenvalue weighted by Gasteiger charge is 2.21. The zero-order valence-electron chi connectivity index (χ0n) is 10.4. The zero-order valence-corrected chi connectivity index (χ0v) is 12.8. The third kappa shape index (κ3) is 3.38. The van der Waals surface area contributed by atoms with Crippen molar-refractivity contribution < 1.29 is 8.81 Å². The molecule has 0 saturated carbocycles. The molecule has 1 unspecified atom stereocenters. The van der Waals surface area contributed by atoms with Crippen LogP contribution in [0.1, 0.15) is 30.5 Å². The van der Waals surface area contributed by atoms with Gasteiger partial charge in [0.2, 0.25) is 0 Å². The van der Waals surface area contributed by atoms with Gasteiger partial charge in [-0.3, -0.25) is 0 Å². The fourth-order valence-corrected chi connectivity index (χ4v) is 2.62. The van der Waals surface area contributed by atoms with Crippen LogP contribution in [0.15, 0.2) is 39.6 Å². The van der Waals surface area contributed by atoms with Gasteiger partial charge in [-0.15, -0.1) is 0 Å². The summed E-state index contributed by atoms with van der Waals surface area (Å²) in [6.45, 7) is 2.87. The van der Waals surface area contributed by atoms with E-state index in [0.717, 1.165) is 18.5 Å². The number of hydrogen-bond acceptors (Lipinski definition) is 2. The molecule has 0 aliphatic carbocycles. The second-order valence-electron chi connectivity index (χ2n) is 4.20. The van der Waals surface area contributed by atoms with E-state index in [0.29, 0.717) is 15.3 Å². The number of nitrogens with one attached hydrogen (secondary N) is 1. The Hall–Kier alpha value is -0.840. The van der Waals surface area contributed by atoms with Gasteiger partial charge in [-0.25, -0.2) is 4.39 Å². The van der Waals surface area contributed by atoms with Crippen molar-refractivity contribution in [3.8, 4) is 0 Å². The Morgan fingerprint density at radius 1 is 1.37 bits per heavy atom. The van der Waals surface area contributed by atoms with Crippen LogP contribution >= 0.6 is 27.5 Å². The molecule has 1 aromatic heterocycles. The average Bonchev–Trinajstić information content (AvgIpc) is 2.80. The number of halogens is 3. The van der Waals surface area contributed by atoms with Gasteiger partial charge in [-0.05, 0) is 58.7 Å². The fourth-order valence-electron chi connectivity index (χ4n) is 1.92. The van der Waals surface area contributed by atoms with E-state index in [9.17, 15) is 4.39 Å². The van der Waals surface area contributed by atoms with E-state index in [1.807, 2.05) is 6.07 Å². The van der Waals surface area contributed by atoms with Gasteiger partial charge in [0.25, 0.3) is 0 Å². The smallest absolute Gasteiger partial charge is 0.174 e. The van der Waals surface area contributed by atoms with Crippen molar-refractivity contribution in [2.75, 3.05) is 6.54 Å². The third-order valence-electron chi connectivity index (χ3n) is 2.82. The largest absolute Gasteiger partial charge is 0.457 e. The molecule has 0 amide bonds. The molecule has 0 aliphatic rings. The Balaban J connectivity index is 2.42. The van der Waals surface area contributed by atoms with Crippen molar-refractivity contribution in [3.63, 3.8) is 0 Å². The number of furan rings is 1. The van der Waals surface area contributed by atoms with E-state index in [2.05, 4.69) is 28.2 Å². The summed E-state index contributed by atoms with van der Waals surface area (Å²) in [5.74, 6) is -0.303. The summed E-state index contributed by atoms with van der Waals surface area (Å²) in [4.78, 5) is 0. The second kappa shape index (κ2) is 6.55. The van der Waals surface area contributed by atoms with E-state index in [1.54, 1.807) is 12.3 Å². The zero-order chi connectivity index (χ0) is 13.8. The van der Waals surface area contributed by atoms with Crippen molar-refractivity contribution in [1.29, 1.82) is 0 Å². The number of benzene rings is 1. The van der Waals surface area contributed by atoms with Gasteiger partial charge in [0.1, 0.15) is 5.82 Å². The average molecular weight is 347 g/mol. The molecule has 1 atom stereocenters. The van der Waals surface area contributed by atoms with Gasteiger partial charge in [-0.2, -0.15) is 0 Å². The molecule has 102 valence electrons. The molecular weight excluding hydrogens is 333 g/mol. The summed E-state index contributed by atoms with van der Waals surface area (Å²) in [5, 5.41) is 3.89. The molecule has 0 aliphatic heterocycles. The normalized spacial score (nSPS) is 12.6. The van der Waals surface area contributed by atoms with Gasteiger partial charge >= 0.3 is 0 Å². The van der Waals surface area contributed by atoms with E-state index < -0.39 is 0 Å². The minimum absolute atomic E-state index is 0.198. The van der Waals surface area contributed by atoms with Crippen molar-refractivity contribution >= 4 is 27.5 Å². The molecule has 0 bridgehead atoms. The van der Waals surface area contributed by atoms with Gasteiger partial charge in [0.15, 0.2) is 4.67 Å². The van der Waals surface area contributed by atoms with Gasteiger partial charge in [0, 0.05) is 10.6 Å². The molecule has 2 rings (SSSR count). The number of hydrogen-bond donors (Lipinski definition) is 1. The lowest BCUT2D eigenvalue weighted by Crippen LogP contribution is -2.23. The highest BCUT2D eigenvalue weighted by Crippen LogP contribution is 2.33. The monoisotopic (exact) mass is 345 g/mol. The lowest BCUT2D eigenvalue weighted by molar-refractivity contribution is 0.522. The Morgan fingerprint density at radius 3 is 2.79 bits per heavy atom. The van der Waals surface area contributed by atoms with Gasteiger partial charge in [0.05, 0.1) is 12.3 Å². The Kier molecular flexibility index (Phi) is 5.02. The van der Waals surface area contributed by atoms with Crippen LogP contribution in [0.2, 0.25) is 5.02 Å². The Morgan fingerprint density at radius 2 is 2.16 bits per heavy atom. The van der Waals surface area contributed by atoms with E-state index in [-0.39, 0.29) is 11.9 Å². The molecule has 2 nitrogen and oxygen atoms in total. The predicted octanol–water partition coefficient (Wildman–Crippen LogP) is 4.92. The third-order valence-corrected chi connectivity index (χ3v) is 3.81. The molecule has 1 aromatic carbocycles. The van der Waals surface area contributed by atoms with Crippen molar-refractivity contribution in [2.24, 2.45) is 0 Å². The predicted molar refractivity (Wildman–Crippen MR) is 78.0 cm³/mol. The minimum atomic E-state index is -0.303. The van der Waals surface area contributed by atoms with Crippen LogP contribution in [0, 0.1) is 5.82 Å². The maximum Gasteiger partial charge on any atom is 0.174 e. The standard InChI is InChI=1S/C14H14BrClFNO/c1-2-6-18-13(10-5-7-19-14(10)15)11-8-9(17)3-4-12(11)16/h3-5,7-8,13,18H,2,6H2,1H3. The molecule has 0 saturated heterocycles. The SMILES string of the molecule is CCCNC(c1cc(F)ccc1Cl)c1ccoc1Br. The molecule has 0 spiro atoms. The molecule has 1 N–H and O–H groups in total. The summed E-state index contributed by atoms with van der Waals surface area (Å²) in [7, 11) is 0. The van der Waals surface area contributed by atoms with E-state index in [4.69, 9.17) is 16.0 Å². The minimum Gasteiger partial charge on any atom is -0.457 e. The first-order chi connectivity index (χ1) is 9.13. The summed E-state index contributed by atoms with van der Waals surface area (Å²) in [6.07, 6.45) is 2.56. The van der Waals surface area contributed by atoms with Gasteiger partial charge in [-0.1, -0.05) is 18.5 Å². The maximum atomic E-state index is 13.5. The van der Waals surface area contributed by atoms with Crippen LogP contribution in [0.5, 0.6) is 0 Å². The van der Waals surface area contributed by atoms with Crippen LogP contribution < -0.4 is 5.32 Å². The Labute approximate surface area is 125 Å². The summed E-state index contributed by atoms with van der Waals surface area (Å²) >= 11 is 9.54. The van der Waals surface area contributed by atoms with Crippen LogP contribution in [0.25, 0.3) is 0 Å². The van der Waals surface area contributed by atoms with E-state index in [1.165, 1.54) is 12.1 Å². The van der Waals surface area contributed by atoms with Crippen LogP contribution in [0.3, 0.4) is 0 Å². The molecule has 1 heterocycles. The molecule has 5 heteroatoms. The second-order valence-corrected chi connectivity index (χ2v) is 5.33. The van der Waals surface area contributed by atoms with Crippen molar-refractivity contribution in [1.82, 2.24) is 5.32 Å². The first-order valence-corrected chi connectivity index (χ1v) is 7.21. The molecule has 2 aromatic rings. The maximum absolute atomic E-state index is 13.5. The quantitative estimate of drug-likeness (QED) is 0.831. The molecule has 0 fully saturated rings. The first kappa shape index (κ1) is 14.6. The lowest BCUT2D eigenvalue weighted by Gasteiger charge is -2.19. The molecule has 0 radical (unpaired) electrons. The summed E-state index contributed by atoms with van der Waals surface area (Å²) in [5.41, 5.74) is 1.61. The summed E-state index contributed by atoms with van der Waals surface area (Å²) < 4.78 is 19.3. The number of rotatable bonds is 5. The van der Waals surface area contributed by atoms with Crippen LogP contribution in [0.4, 0.5) is 4.39 Å². The molecule has 19 heavy (non-hydrogen) atoms. The fraction of sp³-hybridized carbons (Fsp3) is 0.286. The summed E-state index contributed by atoms with van der Waals surface area (Å²) in [6, 6.07) is 6.03. The first-order valence-electron chi connectivity index (χ1n) is 6.04. The highest BCUT2D eigenvalue weighted by atomic mass is 79.9.